The highest BCUT2D eigenvalue weighted by Gasteiger charge is 2.54. The van der Waals surface area contributed by atoms with Gasteiger partial charge in [0.25, 0.3) is 0 Å². The fourth-order valence-corrected chi connectivity index (χ4v) is 20.2. The summed E-state index contributed by atoms with van der Waals surface area (Å²) in [6.07, 6.45) is 0. The molecule has 536 valence electrons. The van der Waals surface area contributed by atoms with Gasteiger partial charge in [0, 0.05) is 94.6 Å². The average Bonchev–Trinajstić information content (AvgIpc) is 1.26. The maximum atomic E-state index is 7.75. The molecule has 0 saturated heterocycles. The van der Waals surface area contributed by atoms with E-state index in [0.717, 1.165) is 151 Å². The predicted molar refractivity (Wildman–Crippen MR) is 488 cm³/mol. The summed E-state index contributed by atoms with van der Waals surface area (Å²) < 4.78 is 15.9. The summed E-state index contributed by atoms with van der Waals surface area (Å²) in [5.41, 5.74) is 39.3. The summed E-state index contributed by atoms with van der Waals surface area (Å²) >= 11 is 0. The number of furan rings is 1. The van der Waals surface area contributed by atoms with Gasteiger partial charge < -0.3 is 28.1 Å². The van der Waals surface area contributed by atoms with E-state index in [0.29, 0.717) is 0 Å². The topological polar surface area (TPSA) is 32.7 Å². The van der Waals surface area contributed by atoms with Gasteiger partial charge in [-0.15, -0.1) is 0 Å². The molecule has 0 saturated carbocycles. The van der Waals surface area contributed by atoms with Crippen molar-refractivity contribution in [3.63, 3.8) is 0 Å². The fraction of sp³-hybridized carbons (Fsp3) is 0. The molecule has 0 unspecified atom stereocenters. The van der Waals surface area contributed by atoms with Crippen LogP contribution >= 0.6 is 0 Å². The van der Waals surface area contributed by atoms with Gasteiger partial charge in [0.1, 0.15) is 11.2 Å². The van der Waals surface area contributed by atoms with E-state index in [1.54, 1.807) is 0 Å². The Hall–Kier alpha value is -15.1. The van der Waals surface area contributed by atoms with Crippen LogP contribution in [0.3, 0.4) is 0 Å². The molecule has 0 radical (unpaired) electrons. The van der Waals surface area contributed by atoms with Crippen molar-refractivity contribution in [2.24, 2.45) is 0 Å². The van der Waals surface area contributed by atoms with Crippen LogP contribution in [0.4, 0.5) is 39.8 Å². The quantitative estimate of drug-likeness (QED) is 0.114. The van der Waals surface area contributed by atoms with Crippen molar-refractivity contribution in [2.75, 3.05) is 14.5 Å². The molecule has 8 heteroatoms. The lowest BCUT2D eigenvalue weighted by Gasteiger charge is -2.50. The lowest BCUT2D eigenvalue weighted by Crippen LogP contribution is -2.74. The van der Waals surface area contributed by atoms with Crippen molar-refractivity contribution in [3.8, 4) is 100 Å². The van der Waals surface area contributed by atoms with Crippen LogP contribution in [0.1, 0.15) is 0 Å². The molecule has 18 aromatic carbocycles. The van der Waals surface area contributed by atoms with E-state index in [2.05, 4.69) is 430 Å². The number of benzene rings is 18. The van der Waals surface area contributed by atoms with Crippen molar-refractivity contribution in [2.45, 2.75) is 0 Å². The van der Waals surface area contributed by atoms with Crippen molar-refractivity contribution in [3.05, 3.63) is 406 Å². The van der Waals surface area contributed by atoms with Crippen LogP contribution in [0, 0.1) is 0 Å². The number of rotatable bonds is 12. The number of hydrogen-bond acceptors (Lipinski definition) is 4. The van der Waals surface area contributed by atoms with Crippen LogP contribution in [0.5, 0.6) is 0 Å². The number of fused-ring (bicyclic) bond motifs is 18. The van der Waals surface area contributed by atoms with Crippen LogP contribution in [-0.2, 0) is 0 Å². The minimum absolute atomic E-state index is 0.319. The highest BCUT2D eigenvalue weighted by molar-refractivity contribution is 7.09. The zero-order chi connectivity index (χ0) is 75.8. The van der Waals surface area contributed by atoms with Crippen LogP contribution in [0.25, 0.3) is 166 Å². The molecule has 116 heavy (non-hydrogen) atoms. The predicted octanol–water partition coefficient (Wildman–Crippen LogP) is 25.7. The average molecular weight is 1470 g/mol. The monoisotopic (exact) mass is 1470 g/mol. The summed E-state index contributed by atoms with van der Waals surface area (Å²) in [4.78, 5) is 5.07. The fourth-order valence-electron chi connectivity index (χ4n) is 20.2. The Balaban J connectivity index is 0.827. The van der Waals surface area contributed by atoms with Gasteiger partial charge in [-0.05, 0) is 209 Å². The number of aromatic nitrogens is 2. The highest BCUT2D eigenvalue weighted by atomic mass is 16.3. The summed E-state index contributed by atoms with van der Waals surface area (Å²) in [6.45, 7) is -0.637. The molecule has 3 aromatic heterocycles. The third kappa shape index (κ3) is 9.62. The van der Waals surface area contributed by atoms with Gasteiger partial charge in [-0.25, -0.2) is 0 Å². The molecule has 0 atom stereocenters. The first-order valence-corrected chi connectivity index (χ1v) is 40.2. The maximum absolute atomic E-state index is 7.75. The van der Waals surface area contributed by atoms with Crippen LogP contribution < -0.4 is 36.4 Å². The first kappa shape index (κ1) is 64.5. The van der Waals surface area contributed by atoms with E-state index in [1.807, 2.05) is 0 Å². The van der Waals surface area contributed by atoms with E-state index in [9.17, 15) is 0 Å². The SMILES string of the molecule is c1ccc(-c2ccc(N(c3cc(-c4ccccc4)cc(-c4ccccc4)c3)c3cc4c5c(c3)-n3c6ccccc6c6cccc(c63)B5N3B5c6c(cc(N(c7ccc(-c8ccccc8)cc7)c7cc(-c8ccccc8)cc(-c8ccccc8)c7)cc6-n6c7ccccc7c7cccc5c76)-c5c3c-4cc3c5oc4ccccc43)cc2)cc1. The second-order valence-electron chi connectivity index (χ2n) is 31.4. The van der Waals surface area contributed by atoms with E-state index >= 15 is 0 Å². The largest absolute Gasteiger partial charge is 0.455 e. The van der Waals surface area contributed by atoms with Gasteiger partial charge in [0.2, 0.25) is 0 Å². The van der Waals surface area contributed by atoms with Gasteiger partial charge in [-0.2, -0.15) is 0 Å². The van der Waals surface area contributed by atoms with Gasteiger partial charge in [0.15, 0.2) is 0 Å². The first-order chi connectivity index (χ1) is 57.5. The lowest BCUT2D eigenvalue weighted by molar-refractivity contribution is 0.670. The van der Waals surface area contributed by atoms with Crippen molar-refractivity contribution in [1.82, 2.24) is 9.13 Å². The molecule has 0 amide bonds. The van der Waals surface area contributed by atoms with Gasteiger partial charge >= 0.3 is 13.7 Å². The molecular weight excluding hydrogens is 1400 g/mol. The zero-order valence-corrected chi connectivity index (χ0v) is 63.0. The Kier molecular flexibility index (Phi) is 14.0. The lowest BCUT2D eigenvalue weighted by atomic mass is 9.32. The van der Waals surface area contributed by atoms with Crippen molar-refractivity contribution in [1.29, 1.82) is 0 Å². The molecular formula is C108H67B2N5O. The first-order valence-electron chi connectivity index (χ1n) is 40.2. The molecule has 7 heterocycles. The normalized spacial score (nSPS) is 12.6. The Bertz CT molecular complexity index is 7500. The number of hydrogen-bond donors (Lipinski definition) is 0. The summed E-state index contributed by atoms with van der Waals surface area (Å²) in [5.74, 6) is 0. The molecule has 4 aliphatic rings. The highest BCUT2D eigenvalue weighted by Crippen LogP contribution is 2.57. The summed E-state index contributed by atoms with van der Waals surface area (Å²) in [6, 6.07) is 152. The van der Waals surface area contributed by atoms with E-state index < -0.39 is 0 Å². The molecule has 21 aromatic rings. The van der Waals surface area contributed by atoms with Crippen molar-refractivity contribution < 1.29 is 4.42 Å². The van der Waals surface area contributed by atoms with Crippen LogP contribution in [0.15, 0.2) is 411 Å². The van der Waals surface area contributed by atoms with E-state index in [-0.39, 0.29) is 13.7 Å². The minimum Gasteiger partial charge on any atom is -0.455 e. The van der Waals surface area contributed by atoms with E-state index in [1.165, 1.54) is 76.6 Å². The molecule has 0 N–H and O–H groups in total. The smallest absolute Gasteiger partial charge is 0.316 e. The van der Waals surface area contributed by atoms with Gasteiger partial charge in [0.05, 0.1) is 22.1 Å². The number of nitrogens with zero attached hydrogens (tertiary/aromatic N) is 5. The Morgan fingerprint density at radius 1 is 0.233 bits per heavy atom. The zero-order valence-electron chi connectivity index (χ0n) is 63.0. The molecule has 4 aliphatic heterocycles. The Morgan fingerprint density at radius 3 is 1.01 bits per heavy atom. The molecule has 25 rings (SSSR count). The summed E-state index contributed by atoms with van der Waals surface area (Å²) in [5, 5.41) is 7.01. The number of para-hydroxylation sites is 5. The van der Waals surface area contributed by atoms with Crippen LogP contribution in [-0.4, -0.2) is 22.8 Å². The maximum Gasteiger partial charge on any atom is 0.316 e. The van der Waals surface area contributed by atoms with Gasteiger partial charge in [-0.3, -0.25) is 0 Å². The summed E-state index contributed by atoms with van der Waals surface area (Å²) in [7, 11) is 0. The Labute approximate surface area is 671 Å². The molecule has 0 bridgehead atoms. The third-order valence-corrected chi connectivity index (χ3v) is 25.1. The third-order valence-electron chi connectivity index (χ3n) is 25.1. The molecule has 6 nitrogen and oxygen atoms in total. The van der Waals surface area contributed by atoms with Gasteiger partial charge in [-0.1, -0.05) is 297 Å². The van der Waals surface area contributed by atoms with Crippen LogP contribution in [0.2, 0.25) is 0 Å². The second kappa shape index (κ2) is 25.2. The molecule has 0 fully saturated rings. The minimum atomic E-state index is -0.319. The standard InChI is InChI=1S/C108H67B2N5O/c1-7-27-68(28-8-1)74-49-53-80(54-50-74)111(82-59-76(70-31-11-3-12-32-70)57-77(60-82)71-33-13-4-14-34-71)84-63-91-92-67-93-88-41-21-24-48-101(88)116-108(93)102-94-64-85(112(81-55-51-75(52-56-81)69-29-9-2-10-30-69)83-61-78(72-35-15-5-16-36-72)58-79(62-83)73-37-17-6-18-38-73)66-100-104(94)110(96-45-26-43-90-87-40-20-23-47-98(87)114(100)106(90)96)115(107(92)102)109-95-44-25-42-89-86-39-19-22-46-97(86)113(105(89)95)99(65-84)103(91)109/h1-67H. The molecule has 0 aliphatic carbocycles. The van der Waals surface area contributed by atoms with Crippen molar-refractivity contribution >= 4 is 141 Å². The second-order valence-corrected chi connectivity index (χ2v) is 31.4. The molecule has 0 spiro atoms. The van der Waals surface area contributed by atoms with E-state index in [4.69, 9.17) is 4.42 Å². The number of anilines is 7. The Morgan fingerprint density at radius 2 is 0.578 bits per heavy atom.